The number of rotatable bonds is 2. The van der Waals surface area contributed by atoms with Crippen molar-refractivity contribution in [2.45, 2.75) is 5.60 Å². The highest BCUT2D eigenvalue weighted by molar-refractivity contribution is 6.30. The van der Waals surface area contributed by atoms with Crippen LogP contribution in [0.2, 0.25) is 5.02 Å². The van der Waals surface area contributed by atoms with Crippen molar-refractivity contribution in [3.63, 3.8) is 0 Å². The van der Waals surface area contributed by atoms with Crippen molar-refractivity contribution >= 4 is 17.7 Å². The minimum atomic E-state index is -0.748. The summed E-state index contributed by atoms with van der Waals surface area (Å²) in [5, 5.41) is 3.24. The van der Waals surface area contributed by atoms with E-state index < -0.39 is 11.7 Å². The number of nitrogens with two attached hydrogens (primary N) is 1. The van der Waals surface area contributed by atoms with Gasteiger partial charge in [-0.1, -0.05) is 23.7 Å². The van der Waals surface area contributed by atoms with Gasteiger partial charge in [0.05, 0.1) is 6.54 Å². The molecule has 0 saturated carbocycles. The fourth-order valence-corrected chi connectivity index (χ4v) is 1.74. The second-order valence-electron chi connectivity index (χ2n) is 3.45. The summed E-state index contributed by atoms with van der Waals surface area (Å²) in [7, 11) is 0. The van der Waals surface area contributed by atoms with Gasteiger partial charge in [0.1, 0.15) is 0 Å². The zero-order chi connectivity index (χ0) is 10.9. The van der Waals surface area contributed by atoms with Crippen LogP contribution in [-0.2, 0) is 10.3 Å². The van der Waals surface area contributed by atoms with E-state index in [9.17, 15) is 4.79 Å². The Bertz CT molecular complexity index is 380. The molecule has 0 radical (unpaired) electrons. The number of alkyl carbamates (subject to hydrolysis) is 1. The maximum Gasteiger partial charge on any atom is 0.408 e. The molecular weight excluding hydrogens is 216 g/mol. The van der Waals surface area contributed by atoms with Gasteiger partial charge >= 0.3 is 6.09 Å². The first-order valence-corrected chi connectivity index (χ1v) is 4.97. The van der Waals surface area contributed by atoms with Crippen molar-refractivity contribution in [1.29, 1.82) is 0 Å². The minimum Gasteiger partial charge on any atom is -0.435 e. The topological polar surface area (TPSA) is 64.3 Å². The lowest BCUT2D eigenvalue weighted by Gasteiger charge is -2.24. The molecule has 3 N–H and O–H groups in total. The molecule has 0 spiro atoms. The predicted molar refractivity (Wildman–Crippen MR) is 56.7 cm³/mol. The average Bonchev–Trinajstić information content (AvgIpc) is 2.62. The first-order valence-electron chi connectivity index (χ1n) is 4.59. The van der Waals surface area contributed by atoms with Crippen LogP contribution in [-0.4, -0.2) is 19.2 Å². The standard InChI is InChI=1S/C10H11ClN2O2/c11-8-3-1-7(2-4-8)10(5-12)6-13-9(14)15-10/h1-4H,5-6,12H2,(H,13,14). The van der Waals surface area contributed by atoms with Crippen LogP contribution in [0.3, 0.4) is 0 Å². The zero-order valence-electron chi connectivity index (χ0n) is 8.00. The van der Waals surface area contributed by atoms with Gasteiger partial charge < -0.3 is 15.8 Å². The van der Waals surface area contributed by atoms with Crippen molar-refractivity contribution in [3.05, 3.63) is 34.9 Å². The van der Waals surface area contributed by atoms with Crippen LogP contribution in [0.25, 0.3) is 0 Å². The van der Waals surface area contributed by atoms with Gasteiger partial charge in [-0.05, 0) is 17.7 Å². The molecule has 1 aromatic rings. The maximum absolute atomic E-state index is 11.0. The van der Waals surface area contributed by atoms with Crippen LogP contribution >= 0.6 is 11.6 Å². The minimum absolute atomic E-state index is 0.243. The molecule has 1 fully saturated rings. The number of carbonyl (C=O) groups excluding carboxylic acids is 1. The first kappa shape index (κ1) is 10.3. The summed E-state index contributed by atoms with van der Waals surface area (Å²) in [6.45, 7) is 0.636. The average molecular weight is 227 g/mol. The van der Waals surface area contributed by atoms with E-state index in [0.717, 1.165) is 5.56 Å². The lowest BCUT2D eigenvalue weighted by molar-refractivity contribution is 0.0617. The largest absolute Gasteiger partial charge is 0.435 e. The van der Waals surface area contributed by atoms with Crippen molar-refractivity contribution in [2.24, 2.45) is 5.73 Å². The van der Waals surface area contributed by atoms with Crippen LogP contribution in [0.4, 0.5) is 4.79 Å². The number of carbonyl (C=O) groups is 1. The molecule has 0 aliphatic carbocycles. The third kappa shape index (κ3) is 1.78. The Kier molecular flexibility index (Phi) is 2.54. The predicted octanol–water partition coefficient (Wildman–Crippen LogP) is 1.23. The second kappa shape index (κ2) is 3.72. The molecule has 1 heterocycles. The highest BCUT2D eigenvalue weighted by Gasteiger charge is 2.40. The summed E-state index contributed by atoms with van der Waals surface area (Å²) in [6.07, 6.45) is -0.435. The number of nitrogens with one attached hydrogen (secondary N) is 1. The summed E-state index contributed by atoms with van der Waals surface area (Å²) in [5.74, 6) is 0. The van der Waals surface area contributed by atoms with E-state index in [1.165, 1.54) is 0 Å². The van der Waals surface area contributed by atoms with Gasteiger partial charge in [0.15, 0.2) is 5.60 Å². The molecule has 1 aliphatic rings. The Morgan fingerprint density at radius 2 is 2.13 bits per heavy atom. The molecule has 1 aromatic carbocycles. The Morgan fingerprint density at radius 3 is 2.60 bits per heavy atom. The fraction of sp³-hybridized carbons (Fsp3) is 0.300. The number of benzene rings is 1. The van der Waals surface area contributed by atoms with E-state index in [0.29, 0.717) is 11.6 Å². The monoisotopic (exact) mass is 226 g/mol. The molecule has 1 atom stereocenters. The Labute approximate surface area is 92.4 Å². The molecule has 80 valence electrons. The van der Waals surface area contributed by atoms with Gasteiger partial charge in [0.2, 0.25) is 0 Å². The van der Waals surface area contributed by atoms with Crippen LogP contribution in [0, 0.1) is 0 Å². The van der Waals surface area contributed by atoms with E-state index in [4.69, 9.17) is 22.1 Å². The van der Waals surface area contributed by atoms with E-state index in [-0.39, 0.29) is 6.54 Å². The first-order chi connectivity index (χ1) is 7.16. The van der Waals surface area contributed by atoms with Gasteiger partial charge in [-0.3, -0.25) is 0 Å². The number of halogens is 1. The maximum atomic E-state index is 11.0. The molecule has 4 nitrogen and oxygen atoms in total. The SMILES string of the molecule is NCC1(c2ccc(Cl)cc2)CNC(=O)O1. The van der Waals surface area contributed by atoms with Crippen LogP contribution in [0.15, 0.2) is 24.3 Å². The third-order valence-corrected chi connectivity index (χ3v) is 2.76. The normalized spacial score (nSPS) is 24.8. The number of ether oxygens (including phenoxy) is 1. The molecular formula is C10H11ClN2O2. The highest BCUT2D eigenvalue weighted by Crippen LogP contribution is 2.28. The van der Waals surface area contributed by atoms with Crippen LogP contribution < -0.4 is 11.1 Å². The highest BCUT2D eigenvalue weighted by atomic mass is 35.5. The number of amides is 1. The molecule has 0 bridgehead atoms. The number of cyclic esters (lactones) is 1. The Balaban J connectivity index is 2.34. The van der Waals surface area contributed by atoms with Gasteiger partial charge in [0, 0.05) is 11.6 Å². The molecule has 1 saturated heterocycles. The van der Waals surface area contributed by atoms with Gasteiger partial charge in [-0.2, -0.15) is 0 Å². The lowest BCUT2D eigenvalue weighted by Crippen LogP contribution is -2.38. The molecule has 5 heteroatoms. The van der Waals surface area contributed by atoms with Crippen molar-refractivity contribution in [3.8, 4) is 0 Å². The summed E-state index contributed by atoms with van der Waals surface area (Å²) in [4.78, 5) is 11.0. The summed E-state index contributed by atoms with van der Waals surface area (Å²) < 4.78 is 5.21. The quantitative estimate of drug-likeness (QED) is 0.797. The van der Waals surface area contributed by atoms with Gasteiger partial charge in [-0.25, -0.2) is 4.79 Å². The van der Waals surface area contributed by atoms with Gasteiger partial charge in [0.25, 0.3) is 0 Å². The van der Waals surface area contributed by atoms with Crippen LogP contribution in [0.5, 0.6) is 0 Å². The molecule has 15 heavy (non-hydrogen) atoms. The lowest BCUT2D eigenvalue weighted by atomic mass is 9.94. The summed E-state index contributed by atoms with van der Waals surface area (Å²) in [5.41, 5.74) is 5.76. The summed E-state index contributed by atoms with van der Waals surface area (Å²) in [6, 6.07) is 7.13. The molecule has 2 rings (SSSR count). The Morgan fingerprint density at radius 1 is 1.47 bits per heavy atom. The van der Waals surface area contributed by atoms with Gasteiger partial charge in [-0.15, -0.1) is 0 Å². The smallest absolute Gasteiger partial charge is 0.408 e. The van der Waals surface area contributed by atoms with Crippen molar-refractivity contribution in [1.82, 2.24) is 5.32 Å². The van der Waals surface area contributed by atoms with E-state index in [1.807, 2.05) is 12.1 Å². The van der Waals surface area contributed by atoms with E-state index in [2.05, 4.69) is 5.32 Å². The van der Waals surface area contributed by atoms with E-state index >= 15 is 0 Å². The number of hydrogen-bond acceptors (Lipinski definition) is 3. The van der Waals surface area contributed by atoms with Crippen LogP contribution in [0.1, 0.15) is 5.56 Å². The molecule has 1 amide bonds. The second-order valence-corrected chi connectivity index (χ2v) is 3.88. The molecule has 0 aromatic heterocycles. The molecule has 1 unspecified atom stereocenters. The van der Waals surface area contributed by atoms with E-state index in [1.54, 1.807) is 12.1 Å². The third-order valence-electron chi connectivity index (χ3n) is 2.51. The zero-order valence-corrected chi connectivity index (χ0v) is 8.75. The Hall–Kier alpha value is -1.26. The summed E-state index contributed by atoms with van der Waals surface area (Å²) >= 11 is 5.78. The molecule has 1 aliphatic heterocycles. The fourth-order valence-electron chi connectivity index (χ4n) is 1.61. The van der Waals surface area contributed by atoms with Crippen molar-refractivity contribution in [2.75, 3.05) is 13.1 Å². The van der Waals surface area contributed by atoms with Crippen molar-refractivity contribution < 1.29 is 9.53 Å². The number of hydrogen-bond donors (Lipinski definition) is 2.